The van der Waals surface area contributed by atoms with Crippen LogP contribution in [-0.2, 0) is 0 Å². The molecule has 0 spiro atoms. The zero-order chi connectivity index (χ0) is 34.4. The fourth-order valence-electron chi connectivity index (χ4n) is 10.8. The minimum atomic E-state index is 0.361. The SMILES string of the molecule is C1=CC2CCC3c4c5c(cc6c7ccccc7n(c46)C3C2C=C1)c1ccccc1n5-c1nc(-n2c3ccccc3c3ccccc32)nc2ccccc12. The normalized spacial score (nSPS) is 20.5. The molecule has 10 aromatic rings. The Kier molecular flexibility index (Phi) is 5.37. The van der Waals surface area contributed by atoms with Gasteiger partial charge in [-0.1, -0.05) is 109 Å². The molecule has 0 amide bonds. The van der Waals surface area contributed by atoms with E-state index in [0.717, 1.165) is 34.2 Å². The molecule has 4 unspecified atom stereocenters. The number of para-hydroxylation sites is 5. The van der Waals surface area contributed by atoms with Crippen LogP contribution in [0.15, 0.2) is 152 Å². The average Bonchev–Trinajstić information content (AvgIpc) is 3.94. The highest BCUT2D eigenvalue weighted by Gasteiger charge is 2.47. The number of aromatic nitrogens is 5. The van der Waals surface area contributed by atoms with Crippen molar-refractivity contribution in [1.82, 2.24) is 23.7 Å². The van der Waals surface area contributed by atoms with Crippen LogP contribution in [0.2, 0.25) is 0 Å². The molecule has 4 atom stereocenters. The molecule has 0 radical (unpaired) electrons. The smallest absolute Gasteiger partial charge is 0.237 e. The molecule has 0 N–H and O–H groups in total. The standard InChI is InChI=1S/C48H33N5/c1-2-14-29-28(13-1)25-26-35-43-45-36(32-17-6-11-23-41(32)52(45)44(29)35)27-37-33-18-7-12-24-42(33)53(46(37)43)47-34-19-3-8-20-38(34)49-48(50-47)51-39-21-9-4-15-30(39)31-16-5-10-22-40(31)51/h1-24,27-29,35,44H,25-26H2. The summed E-state index contributed by atoms with van der Waals surface area (Å²) >= 11 is 0. The summed E-state index contributed by atoms with van der Waals surface area (Å²) < 4.78 is 7.51. The lowest BCUT2D eigenvalue weighted by atomic mass is 9.68. The molecule has 1 aliphatic heterocycles. The Morgan fingerprint density at radius 1 is 0.491 bits per heavy atom. The Balaban J connectivity index is 1.20. The molecule has 5 heteroatoms. The van der Waals surface area contributed by atoms with E-state index < -0.39 is 0 Å². The number of fused-ring (bicyclic) bond motifs is 16. The molecule has 1 fully saturated rings. The van der Waals surface area contributed by atoms with Gasteiger partial charge in [-0.25, -0.2) is 4.98 Å². The number of hydrogen-bond donors (Lipinski definition) is 0. The Labute approximate surface area is 304 Å². The molecular formula is C48H33N5. The van der Waals surface area contributed by atoms with Gasteiger partial charge < -0.3 is 4.57 Å². The zero-order valence-electron chi connectivity index (χ0n) is 28.9. The molecule has 3 aliphatic rings. The highest BCUT2D eigenvalue weighted by Crippen LogP contribution is 2.59. The van der Waals surface area contributed by atoms with Crippen LogP contribution in [0.1, 0.15) is 30.4 Å². The van der Waals surface area contributed by atoms with Crippen LogP contribution >= 0.6 is 0 Å². The summed E-state index contributed by atoms with van der Waals surface area (Å²) in [5.41, 5.74) is 9.86. The van der Waals surface area contributed by atoms with E-state index in [0.29, 0.717) is 29.7 Å². The van der Waals surface area contributed by atoms with E-state index in [1.807, 2.05) is 0 Å². The molecule has 5 nitrogen and oxygen atoms in total. The molecule has 4 aromatic heterocycles. The topological polar surface area (TPSA) is 40.6 Å². The van der Waals surface area contributed by atoms with Crippen LogP contribution in [0.3, 0.4) is 0 Å². The van der Waals surface area contributed by atoms with Crippen molar-refractivity contribution in [2.24, 2.45) is 11.8 Å². The first-order chi connectivity index (χ1) is 26.3. The van der Waals surface area contributed by atoms with Crippen LogP contribution < -0.4 is 0 Å². The van der Waals surface area contributed by atoms with Gasteiger partial charge in [0.1, 0.15) is 0 Å². The third-order valence-electron chi connectivity index (χ3n) is 12.8. The lowest BCUT2D eigenvalue weighted by molar-refractivity contribution is 0.218. The Bertz CT molecular complexity index is 3220. The van der Waals surface area contributed by atoms with Gasteiger partial charge in [0.05, 0.1) is 33.1 Å². The second-order valence-electron chi connectivity index (χ2n) is 15.2. The maximum atomic E-state index is 5.66. The number of benzene rings is 6. The molecule has 0 bridgehead atoms. The van der Waals surface area contributed by atoms with Crippen molar-refractivity contribution in [3.05, 3.63) is 157 Å². The van der Waals surface area contributed by atoms with E-state index in [1.165, 1.54) is 66.4 Å². The van der Waals surface area contributed by atoms with Gasteiger partial charge in [0.25, 0.3) is 0 Å². The van der Waals surface area contributed by atoms with Crippen molar-refractivity contribution in [2.75, 3.05) is 0 Å². The third-order valence-corrected chi connectivity index (χ3v) is 12.8. The number of rotatable bonds is 2. The zero-order valence-corrected chi connectivity index (χ0v) is 28.9. The minimum Gasteiger partial charge on any atom is -0.336 e. The van der Waals surface area contributed by atoms with Gasteiger partial charge in [0.2, 0.25) is 5.95 Å². The second-order valence-corrected chi connectivity index (χ2v) is 15.2. The van der Waals surface area contributed by atoms with Crippen LogP contribution in [0, 0.1) is 11.8 Å². The first-order valence-corrected chi connectivity index (χ1v) is 18.9. The predicted molar refractivity (Wildman–Crippen MR) is 217 cm³/mol. The molecule has 2 aliphatic carbocycles. The molecule has 250 valence electrons. The highest BCUT2D eigenvalue weighted by atomic mass is 15.2. The summed E-state index contributed by atoms with van der Waals surface area (Å²) in [5, 5.41) is 8.73. The summed E-state index contributed by atoms with van der Waals surface area (Å²) in [5.74, 6) is 3.03. The summed E-state index contributed by atoms with van der Waals surface area (Å²) in [4.78, 5) is 11.0. The minimum absolute atomic E-state index is 0.361. The summed E-state index contributed by atoms with van der Waals surface area (Å²) in [6.45, 7) is 0. The van der Waals surface area contributed by atoms with Crippen LogP contribution in [0.25, 0.3) is 88.1 Å². The van der Waals surface area contributed by atoms with E-state index in [4.69, 9.17) is 9.97 Å². The van der Waals surface area contributed by atoms with Crippen molar-refractivity contribution in [1.29, 1.82) is 0 Å². The molecule has 5 heterocycles. The maximum Gasteiger partial charge on any atom is 0.237 e. The van der Waals surface area contributed by atoms with Gasteiger partial charge in [-0.2, -0.15) is 4.98 Å². The molecular weight excluding hydrogens is 647 g/mol. The van der Waals surface area contributed by atoms with E-state index >= 15 is 0 Å². The first-order valence-electron chi connectivity index (χ1n) is 18.9. The Morgan fingerprint density at radius 3 is 1.79 bits per heavy atom. The molecule has 6 aromatic carbocycles. The van der Waals surface area contributed by atoms with Crippen molar-refractivity contribution in [3.8, 4) is 11.8 Å². The number of hydrogen-bond acceptors (Lipinski definition) is 2. The Hall–Kier alpha value is -6.46. The summed E-state index contributed by atoms with van der Waals surface area (Å²) in [6.07, 6.45) is 11.9. The van der Waals surface area contributed by atoms with Gasteiger partial charge >= 0.3 is 0 Å². The van der Waals surface area contributed by atoms with Crippen LogP contribution in [0.4, 0.5) is 0 Å². The fraction of sp³-hybridized carbons (Fsp3) is 0.125. The van der Waals surface area contributed by atoms with Crippen molar-refractivity contribution in [3.63, 3.8) is 0 Å². The number of allylic oxidation sites excluding steroid dienone is 4. The molecule has 1 saturated carbocycles. The molecule has 0 saturated heterocycles. The predicted octanol–water partition coefficient (Wildman–Crippen LogP) is 11.7. The highest BCUT2D eigenvalue weighted by molar-refractivity contribution is 6.22. The monoisotopic (exact) mass is 679 g/mol. The van der Waals surface area contributed by atoms with Crippen molar-refractivity contribution < 1.29 is 0 Å². The van der Waals surface area contributed by atoms with E-state index in [1.54, 1.807) is 0 Å². The van der Waals surface area contributed by atoms with Gasteiger partial charge in [-0.3, -0.25) is 9.13 Å². The first kappa shape index (κ1) is 28.2. The van der Waals surface area contributed by atoms with E-state index in [2.05, 4.69) is 165 Å². The fourth-order valence-corrected chi connectivity index (χ4v) is 10.8. The molecule has 53 heavy (non-hydrogen) atoms. The van der Waals surface area contributed by atoms with Gasteiger partial charge in [-0.05, 0) is 61.2 Å². The third kappa shape index (κ3) is 3.52. The molecule has 13 rings (SSSR count). The largest absolute Gasteiger partial charge is 0.336 e. The van der Waals surface area contributed by atoms with Gasteiger partial charge in [-0.15, -0.1) is 0 Å². The van der Waals surface area contributed by atoms with E-state index in [-0.39, 0.29) is 0 Å². The maximum absolute atomic E-state index is 5.66. The van der Waals surface area contributed by atoms with Crippen LogP contribution in [-0.4, -0.2) is 23.7 Å². The summed E-state index contributed by atoms with van der Waals surface area (Å²) in [7, 11) is 0. The number of nitrogens with zero attached hydrogens (tertiary/aromatic N) is 5. The average molecular weight is 680 g/mol. The van der Waals surface area contributed by atoms with Gasteiger partial charge in [0, 0.05) is 66.7 Å². The van der Waals surface area contributed by atoms with Crippen molar-refractivity contribution in [2.45, 2.75) is 24.8 Å². The Morgan fingerprint density at radius 2 is 1.06 bits per heavy atom. The van der Waals surface area contributed by atoms with Crippen LogP contribution in [0.5, 0.6) is 0 Å². The van der Waals surface area contributed by atoms with E-state index in [9.17, 15) is 0 Å². The summed E-state index contributed by atoms with van der Waals surface area (Å²) in [6, 6.07) is 46.7. The quantitative estimate of drug-likeness (QED) is 0.182. The lowest BCUT2D eigenvalue weighted by Gasteiger charge is -2.40. The van der Waals surface area contributed by atoms with Gasteiger partial charge in [0.15, 0.2) is 5.82 Å². The lowest BCUT2D eigenvalue weighted by Crippen LogP contribution is -2.31. The van der Waals surface area contributed by atoms with Crippen molar-refractivity contribution >= 4 is 76.3 Å². The second kappa shape index (κ2) is 10.1.